The number of hydrogen-bond donors (Lipinski definition) is 2. The highest BCUT2D eigenvalue weighted by molar-refractivity contribution is 7.94. The van der Waals surface area contributed by atoms with Crippen molar-refractivity contribution in [3.63, 3.8) is 0 Å². The maximum absolute atomic E-state index is 11.9. The normalized spacial score (nSPS) is 11.1. The Bertz CT molecular complexity index is 678. The molecule has 0 amide bonds. The van der Waals surface area contributed by atoms with E-state index in [0.29, 0.717) is 16.3 Å². The van der Waals surface area contributed by atoms with Crippen LogP contribution in [0.5, 0.6) is 0 Å². The van der Waals surface area contributed by atoms with E-state index in [1.165, 1.54) is 18.3 Å². The van der Waals surface area contributed by atoms with Crippen molar-refractivity contribution >= 4 is 27.2 Å². The molecule has 88 valence electrons. The van der Waals surface area contributed by atoms with E-state index in [2.05, 4.69) is 14.9 Å². The molecule has 0 radical (unpaired) electrons. The second-order valence-electron chi connectivity index (χ2n) is 3.26. The van der Waals surface area contributed by atoms with Gasteiger partial charge in [-0.1, -0.05) is 0 Å². The number of H-pyrrole nitrogens is 1. The van der Waals surface area contributed by atoms with Crippen LogP contribution in [-0.2, 0) is 10.0 Å². The summed E-state index contributed by atoms with van der Waals surface area (Å²) in [6, 6.07) is 4.77. The quantitative estimate of drug-likeness (QED) is 0.880. The van der Waals surface area contributed by atoms with E-state index in [-0.39, 0.29) is 4.21 Å². The van der Waals surface area contributed by atoms with Gasteiger partial charge in [-0.25, -0.2) is 8.42 Å². The lowest BCUT2D eigenvalue weighted by molar-refractivity contribution is 0.603. The summed E-state index contributed by atoms with van der Waals surface area (Å²) in [7, 11) is -3.65. The number of thiophene rings is 1. The Hall–Kier alpha value is -1.85. The molecular weight excluding hydrogens is 260 g/mol. The number of aryl methyl sites for hydroxylation is 1. The van der Waals surface area contributed by atoms with Gasteiger partial charge in [0.25, 0.3) is 10.0 Å². The topological polar surface area (TPSA) is 98.6 Å². The lowest BCUT2D eigenvalue weighted by Gasteiger charge is -2.03. The number of hydrogen-bond acceptors (Lipinski definition) is 5. The molecule has 0 aromatic carbocycles. The molecule has 6 nitrogen and oxygen atoms in total. The van der Waals surface area contributed by atoms with Gasteiger partial charge in [0.05, 0.1) is 6.20 Å². The molecule has 2 aromatic heterocycles. The molecule has 0 saturated heterocycles. The number of rotatable bonds is 3. The molecule has 8 heteroatoms. The van der Waals surface area contributed by atoms with Gasteiger partial charge < -0.3 is 0 Å². The largest absolute Gasteiger partial charge is 0.272 e. The molecule has 17 heavy (non-hydrogen) atoms. The number of nitrogens with zero attached hydrogens (tertiary/aromatic N) is 2. The zero-order valence-electron chi connectivity index (χ0n) is 8.76. The van der Waals surface area contributed by atoms with Gasteiger partial charge in [0.2, 0.25) is 0 Å². The summed E-state index contributed by atoms with van der Waals surface area (Å²) < 4.78 is 26.3. The van der Waals surface area contributed by atoms with Gasteiger partial charge >= 0.3 is 0 Å². The van der Waals surface area contributed by atoms with E-state index >= 15 is 0 Å². The first-order valence-electron chi connectivity index (χ1n) is 4.55. The van der Waals surface area contributed by atoms with Gasteiger partial charge in [-0.05, 0) is 19.1 Å². The predicted octanol–water partition coefficient (Wildman–Crippen LogP) is 1.45. The Morgan fingerprint density at radius 1 is 1.53 bits per heavy atom. The van der Waals surface area contributed by atoms with Gasteiger partial charge in [-0.15, -0.1) is 11.3 Å². The van der Waals surface area contributed by atoms with Crippen LogP contribution in [-0.4, -0.2) is 18.6 Å². The van der Waals surface area contributed by atoms with Crippen LogP contribution in [0.25, 0.3) is 0 Å². The first-order chi connectivity index (χ1) is 8.03. The molecule has 0 aliphatic rings. The highest BCUT2D eigenvalue weighted by Gasteiger charge is 2.18. The van der Waals surface area contributed by atoms with Crippen molar-refractivity contribution in [1.82, 2.24) is 10.2 Å². The number of aromatic amines is 1. The average Bonchev–Trinajstić information content (AvgIpc) is 2.88. The van der Waals surface area contributed by atoms with E-state index < -0.39 is 10.0 Å². The van der Waals surface area contributed by atoms with Crippen LogP contribution in [0.3, 0.4) is 0 Å². The number of nitriles is 1. The van der Waals surface area contributed by atoms with Crippen LogP contribution in [0, 0.1) is 18.3 Å². The van der Waals surface area contributed by atoms with Crippen LogP contribution in [0.1, 0.15) is 10.4 Å². The molecule has 0 aliphatic heterocycles. The smallest absolute Gasteiger partial charge is 0.263 e. The first kappa shape index (κ1) is 11.6. The Morgan fingerprint density at radius 3 is 2.82 bits per heavy atom. The Labute approximate surface area is 102 Å². The zero-order chi connectivity index (χ0) is 12.5. The fourth-order valence-electron chi connectivity index (χ4n) is 1.16. The lowest BCUT2D eigenvalue weighted by Crippen LogP contribution is -2.12. The maximum atomic E-state index is 11.9. The van der Waals surface area contributed by atoms with Gasteiger partial charge in [0.15, 0.2) is 0 Å². The van der Waals surface area contributed by atoms with Crippen molar-refractivity contribution in [2.75, 3.05) is 4.72 Å². The van der Waals surface area contributed by atoms with Crippen molar-refractivity contribution in [3.8, 4) is 6.07 Å². The molecule has 0 bridgehead atoms. The minimum absolute atomic E-state index is 0.100. The molecule has 2 rings (SSSR count). The number of sulfonamides is 1. The summed E-state index contributed by atoms with van der Waals surface area (Å²) in [6.45, 7) is 1.73. The van der Waals surface area contributed by atoms with Crippen molar-refractivity contribution in [2.24, 2.45) is 0 Å². The fourth-order valence-corrected chi connectivity index (χ4v) is 3.35. The molecule has 0 spiro atoms. The molecule has 2 heterocycles. The third-order valence-electron chi connectivity index (χ3n) is 2.02. The van der Waals surface area contributed by atoms with E-state index in [0.717, 1.165) is 11.3 Å². The van der Waals surface area contributed by atoms with Gasteiger partial charge in [0.1, 0.15) is 21.0 Å². The number of aromatic nitrogens is 2. The van der Waals surface area contributed by atoms with Gasteiger partial charge in [0, 0.05) is 5.56 Å². The van der Waals surface area contributed by atoms with Crippen LogP contribution in [0.15, 0.2) is 22.5 Å². The molecular formula is C9H8N4O2S2. The Kier molecular flexibility index (Phi) is 2.87. The third-order valence-corrected chi connectivity index (χ3v) is 4.85. The van der Waals surface area contributed by atoms with Crippen LogP contribution in [0.2, 0.25) is 0 Å². The Balaban J connectivity index is 2.32. The monoisotopic (exact) mass is 268 g/mol. The van der Waals surface area contributed by atoms with E-state index in [1.807, 2.05) is 6.07 Å². The zero-order valence-corrected chi connectivity index (χ0v) is 10.4. The second-order valence-corrected chi connectivity index (χ2v) is 6.26. The van der Waals surface area contributed by atoms with Crippen molar-refractivity contribution in [2.45, 2.75) is 11.1 Å². The standard InChI is InChI=1S/C9H8N4O2S2/c1-6-5-11-12-9(6)13-17(14,15)8-3-2-7(4-10)16-8/h2-3,5H,1H3,(H2,11,12,13). The number of anilines is 1. The molecule has 0 atom stereocenters. The molecule has 2 aromatic rings. The number of nitrogens with one attached hydrogen (secondary N) is 2. The van der Waals surface area contributed by atoms with Crippen LogP contribution >= 0.6 is 11.3 Å². The van der Waals surface area contributed by atoms with Crippen LogP contribution in [0.4, 0.5) is 5.82 Å². The minimum atomic E-state index is -3.65. The summed E-state index contributed by atoms with van der Waals surface area (Å²) >= 11 is 0.922. The summed E-state index contributed by atoms with van der Waals surface area (Å²) in [5.41, 5.74) is 0.700. The fraction of sp³-hybridized carbons (Fsp3) is 0.111. The summed E-state index contributed by atoms with van der Waals surface area (Å²) in [5.74, 6) is 0.330. The van der Waals surface area contributed by atoms with E-state index in [1.54, 1.807) is 6.92 Å². The molecule has 0 aliphatic carbocycles. The molecule has 0 unspecified atom stereocenters. The SMILES string of the molecule is Cc1cn[nH]c1NS(=O)(=O)c1ccc(C#N)s1. The molecule has 0 fully saturated rings. The summed E-state index contributed by atoms with van der Waals surface area (Å²) in [4.78, 5) is 0.353. The summed E-state index contributed by atoms with van der Waals surface area (Å²) in [6.07, 6.45) is 1.52. The molecule has 2 N–H and O–H groups in total. The highest BCUT2D eigenvalue weighted by atomic mass is 32.2. The van der Waals surface area contributed by atoms with Crippen molar-refractivity contribution < 1.29 is 8.42 Å². The van der Waals surface area contributed by atoms with Gasteiger partial charge in [-0.3, -0.25) is 9.82 Å². The van der Waals surface area contributed by atoms with Crippen molar-refractivity contribution in [1.29, 1.82) is 5.26 Å². The first-order valence-corrected chi connectivity index (χ1v) is 6.85. The summed E-state index contributed by atoms with van der Waals surface area (Å²) in [5, 5.41) is 14.9. The Morgan fingerprint density at radius 2 is 2.29 bits per heavy atom. The van der Waals surface area contributed by atoms with E-state index in [4.69, 9.17) is 5.26 Å². The second kappa shape index (κ2) is 4.20. The molecule has 0 saturated carbocycles. The van der Waals surface area contributed by atoms with Crippen molar-refractivity contribution in [3.05, 3.63) is 28.8 Å². The third kappa shape index (κ3) is 2.30. The average molecular weight is 268 g/mol. The lowest BCUT2D eigenvalue weighted by atomic mass is 10.4. The van der Waals surface area contributed by atoms with Crippen LogP contribution < -0.4 is 4.72 Å². The maximum Gasteiger partial charge on any atom is 0.272 e. The predicted molar refractivity (Wildman–Crippen MR) is 63.2 cm³/mol. The highest BCUT2D eigenvalue weighted by Crippen LogP contribution is 2.23. The minimum Gasteiger partial charge on any atom is -0.263 e. The van der Waals surface area contributed by atoms with Gasteiger partial charge in [-0.2, -0.15) is 10.4 Å². The van der Waals surface area contributed by atoms with E-state index in [9.17, 15) is 8.42 Å².